The first-order chi connectivity index (χ1) is 14.9. The minimum atomic E-state index is -0.858. The fourth-order valence-electron chi connectivity index (χ4n) is 3.27. The van der Waals surface area contributed by atoms with Crippen LogP contribution in [0.15, 0.2) is 6.20 Å². The number of ether oxygens (including phenoxy) is 2. The molecule has 0 aromatic carbocycles. The molecule has 1 aromatic heterocycles. The SMILES string of the molecule is CC(C)Oc1nc(F)ncc1C#C[C@@H]1CCC[C@H](NC(=O)CN(C)C(=O)OC(C)(C)C)C1. The largest absolute Gasteiger partial charge is 0.474 e. The maximum Gasteiger partial charge on any atom is 0.410 e. The first kappa shape index (κ1) is 25.4. The van der Waals surface area contributed by atoms with Gasteiger partial charge in [-0.15, -0.1) is 0 Å². The first-order valence-corrected chi connectivity index (χ1v) is 10.9. The van der Waals surface area contributed by atoms with Gasteiger partial charge in [0.15, 0.2) is 0 Å². The van der Waals surface area contributed by atoms with Gasteiger partial charge in [-0.3, -0.25) is 4.79 Å². The third kappa shape index (κ3) is 8.69. The molecule has 1 fully saturated rings. The van der Waals surface area contributed by atoms with E-state index in [9.17, 15) is 14.0 Å². The summed E-state index contributed by atoms with van der Waals surface area (Å²) >= 11 is 0. The molecule has 1 aliphatic rings. The molecule has 0 aliphatic heterocycles. The second-order valence-electron chi connectivity index (χ2n) is 9.26. The van der Waals surface area contributed by atoms with Gasteiger partial charge in [0.2, 0.25) is 11.8 Å². The summed E-state index contributed by atoms with van der Waals surface area (Å²) in [6, 6.07) is -0.0292. The van der Waals surface area contributed by atoms with Crippen LogP contribution in [0, 0.1) is 23.8 Å². The van der Waals surface area contributed by atoms with Crippen molar-refractivity contribution in [2.45, 2.75) is 78.0 Å². The summed E-state index contributed by atoms with van der Waals surface area (Å²) in [6.45, 7) is 8.90. The highest BCUT2D eigenvalue weighted by Gasteiger charge is 2.25. The molecule has 0 saturated heterocycles. The van der Waals surface area contributed by atoms with E-state index in [2.05, 4.69) is 27.1 Å². The van der Waals surface area contributed by atoms with Crippen molar-refractivity contribution in [3.05, 3.63) is 17.8 Å². The van der Waals surface area contributed by atoms with Crippen molar-refractivity contribution in [2.75, 3.05) is 13.6 Å². The predicted molar refractivity (Wildman–Crippen MR) is 117 cm³/mol. The highest BCUT2D eigenvalue weighted by Crippen LogP contribution is 2.24. The van der Waals surface area contributed by atoms with E-state index >= 15 is 0 Å². The van der Waals surface area contributed by atoms with Crippen molar-refractivity contribution in [1.29, 1.82) is 0 Å². The lowest BCUT2D eigenvalue weighted by molar-refractivity contribution is -0.123. The average Bonchev–Trinajstić information content (AvgIpc) is 2.65. The van der Waals surface area contributed by atoms with Gasteiger partial charge in [0, 0.05) is 19.0 Å². The Morgan fingerprint density at radius 1 is 1.34 bits per heavy atom. The van der Waals surface area contributed by atoms with Crippen molar-refractivity contribution >= 4 is 12.0 Å². The molecule has 9 heteroatoms. The van der Waals surface area contributed by atoms with Gasteiger partial charge < -0.3 is 19.7 Å². The Bertz CT molecular complexity index is 873. The Morgan fingerprint density at radius 3 is 2.72 bits per heavy atom. The number of carbonyl (C=O) groups excluding carboxylic acids is 2. The molecular weight excluding hydrogens is 415 g/mol. The number of likely N-dealkylation sites (N-methyl/N-ethyl adjacent to an activating group) is 1. The second kappa shape index (κ2) is 11.1. The van der Waals surface area contributed by atoms with Gasteiger partial charge in [-0.25, -0.2) is 9.78 Å². The molecule has 8 nitrogen and oxygen atoms in total. The Kier molecular flexibility index (Phi) is 8.81. The number of aromatic nitrogens is 2. The number of carbonyl (C=O) groups is 2. The Balaban J connectivity index is 1.94. The summed E-state index contributed by atoms with van der Waals surface area (Å²) < 4.78 is 24.2. The van der Waals surface area contributed by atoms with E-state index in [1.807, 2.05) is 13.8 Å². The Labute approximate surface area is 189 Å². The minimum absolute atomic E-state index is 0.0292. The fraction of sp³-hybridized carbons (Fsp3) is 0.652. The van der Waals surface area contributed by atoms with Crippen LogP contribution in [0.3, 0.4) is 0 Å². The lowest BCUT2D eigenvalue weighted by Gasteiger charge is -2.28. The van der Waals surface area contributed by atoms with Crippen LogP contribution < -0.4 is 10.1 Å². The topological polar surface area (TPSA) is 93.7 Å². The summed E-state index contributed by atoms with van der Waals surface area (Å²) in [5.74, 6) is 6.16. The minimum Gasteiger partial charge on any atom is -0.474 e. The van der Waals surface area contributed by atoms with Crippen LogP contribution >= 0.6 is 0 Å². The molecule has 0 radical (unpaired) electrons. The summed E-state index contributed by atoms with van der Waals surface area (Å²) in [4.78, 5) is 32.9. The molecule has 0 bridgehead atoms. The van der Waals surface area contributed by atoms with Gasteiger partial charge in [0.25, 0.3) is 0 Å². The van der Waals surface area contributed by atoms with Crippen molar-refractivity contribution in [1.82, 2.24) is 20.2 Å². The maximum atomic E-state index is 13.4. The summed E-state index contributed by atoms with van der Waals surface area (Å²) in [5, 5.41) is 2.99. The van der Waals surface area contributed by atoms with Crippen LogP contribution in [0.1, 0.15) is 65.9 Å². The standard InChI is InChI=1S/C23H33FN4O4/c1-15(2)31-20-17(13-25-21(24)27-20)11-10-16-8-7-9-18(12-16)26-19(29)14-28(6)22(30)32-23(3,4)5/h13,15-16,18H,7-9,12,14H2,1-6H3,(H,26,29)/t16-,18-/m0/s1. The van der Waals surface area contributed by atoms with Gasteiger partial charge >= 0.3 is 12.2 Å². The Morgan fingerprint density at radius 2 is 2.06 bits per heavy atom. The highest BCUT2D eigenvalue weighted by atomic mass is 19.1. The zero-order valence-electron chi connectivity index (χ0n) is 19.7. The van der Waals surface area contributed by atoms with Gasteiger partial charge in [-0.2, -0.15) is 9.37 Å². The van der Waals surface area contributed by atoms with Crippen molar-refractivity contribution in [3.63, 3.8) is 0 Å². The molecule has 1 heterocycles. The molecule has 0 spiro atoms. The number of rotatable bonds is 5. The third-order valence-electron chi connectivity index (χ3n) is 4.61. The maximum absolute atomic E-state index is 13.4. The summed E-state index contributed by atoms with van der Waals surface area (Å²) in [6.07, 6.45) is 3.11. The van der Waals surface area contributed by atoms with Crippen LogP contribution in [0.5, 0.6) is 5.88 Å². The molecule has 0 unspecified atom stereocenters. The van der Waals surface area contributed by atoms with Crippen molar-refractivity contribution in [2.24, 2.45) is 5.92 Å². The molecule has 2 atom stereocenters. The highest BCUT2D eigenvalue weighted by molar-refractivity contribution is 5.82. The van der Waals surface area contributed by atoms with E-state index < -0.39 is 17.8 Å². The van der Waals surface area contributed by atoms with Crippen LogP contribution in [0.4, 0.5) is 9.18 Å². The molecule has 1 aliphatic carbocycles. The molecular formula is C23H33FN4O4. The molecule has 1 N–H and O–H groups in total. The van der Waals surface area contributed by atoms with Gasteiger partial charge in [-0.1, -0.05) is 18.3 Å². The fourth-order valence-corrected chi connectivity index (χ4v) is 3.27. The number of hydrogen-bond acceptors (Lipinski definition) is 6. The number of nitrogens with one attached hydrogen (secondary N) is 1. The quantitative estimate of drug-likeness (QED) is 0.549. The van der Waals surface area contributed by atoms with Crippen LogP contribution in [0.2, 0.25) is 0 Å². The molecule has 1 aromatic rings. The summed E-state index contributed by atoms with van der Waals surface area (Å²) in [5.41, 5.74) is -0.183. The Hall–Kier alpha value is -2.89. The predicted octanol–water partition coefficient (Wildman–Crippen LogP) is 3.30. The van der Waals surface area contributed by atoms with Gasteiger partial charge in [-0.05, 0) is 53.9 Å². The zero-order chi connectivity index (χ0) is 23.9. The van der Waals surface area contributed by atoms with Crippen LogP contribution in [0.25, 0.3) is 0 Å². The van der Waals surface area contributed by atoms with E-state index in [0.717, 1.165) is 19.3 Å². The molecule has 32 heavy (non-hydrogen) atoms. The van der Waals surface area contributed by atoms with E-state index in [0.29, 0.717) is 12.0 Å². The van der Waals surface area contributed by atoms with Crippen LogP contribution in [-0.2, 0) is 9.53 Å². The third-order valence-corrected chi connectivity index (χ3v) is 4.61. The number of halogens is 1. The number of nitrogens with zero attached hydrogens (tertiary/aromatic N) is 3. The molecule has 1 saturated carbocycles. The molecule has 2 amide bonds. The monoisotopic (exact) mass is 448 g/mol. The van der Waals surface area contributed by atoms with Crippen LogP contribution in [-0.4, -0.2) is 58.2 Å². The van der Waals surface area contributed by atoms with E-state index in [4.69, 9.17) is 9.47 Å². The van der Waals surface area contributed by atoms with Crippen molar-refractivity contribution < 1.29 is 23.5 Å². The van der Waals surface area contributed by atoms with E-state index in [1.54, 1.807) is 20.8 Å². The average molecular weight is 449 g/mol. The van der Waals surface area contributed by atoms with E-state index in [-0.39, 0.29) is 36.4 Å². The summed E-state index contributed by atoms with van der Waals surface area (Å²) in [7, 11) is 1.53. The smallest absolute Gasteiger partial charge is 0.410 e. The first-order valence-electron chi connectivity index (χ1n) is 10.9. The normalized spacial score (nSPS) is 18.4. The molecule has 2 rings (SSSR count). The van der Waals surface area contributed by atoms with E-state index in [1.165, 1.54) is 18.1 Å². The number of amides is 2. The lowest BCUT2D eigenvalue weighted by Crippen LogP contribution is -2.45. The van der Waals surface area contributed by atoms with Gasteiger partial charge in [0.1, 0.15) is 17.7 Å². The lowest BCUT2D eigenvalue weighted by atomic mass is 9.86. The zero-order valence-corrected chi connectivity index (χ0v) is 19.7. The van der Waals surface area contributed by atoms with Gasteiger partial charge in [0.05, 0.1) is 12.3 Å². The number of hydrogen-bond donors (Lipinski definition) is 1. The van der Waals surface area contributed by atoms with Crippen molar-refractivity contribution in [3.8, 4) is 17.7 Å². The molecule has 176 valence electrons. The second-order valence-corrected chi connectivity index (χ2v) is 9.26.